The number of nitro groups is 1. The van der Waals surface area contributed by atoms with Gasteiger partial charge in [-0.25, -0.2) is 0 Å². The van der Waals surface area contributed by atoms with Gasteiger partial charge in [-0.05, 0) is 33.5 Å². The molecule has 0 aliphatic heterocycles. The molecule has 0 heterocycles. The topological polar surface area (TPSA) is 55.2 Å². The predicted octanol–water partition coefficient (Wildman–Crippen LogP) is 3.10. The van der Waals surface area contributed by atoms with E-state index in [-0.39, 0.29) is 11.7 Å². The highest BCUT2D eigenvalue weighted by molar-refractivity contribution is 9.10. The fourth-order valence-electron chi connectivity index (χ4n) is 1.52. The van der Waals surface area contributed by atoms with Crippen LogP contribution in [0.4, 0.5) is 5.69 Å². The number of rotatable bonds is 5. The molecule has 96 valence electrons. The summed E-state index contributed by atoms with van der Waals surface area (Å²) in [4.78, 5) is 10.4. The van der Waals surface area contributed by atoms with Crippen LogP contribution in [0, 0.1) is 28.4 Å². The Hall–Kier alpha value is -1.38. The Morgan fingerprint density at radius 3 is 2.72 bits per heavy atom. The number of hydrogen-bond acceptors (Lipinski definition) is 3. The lowest BCUT2D eigenvalue weighted by atomic mass is 10.0. The zero-order valence-corrected chi connectivity index (χ0v) is 11.9. The highest BCUT2D eigenvalue weighted by Crippen LogP contribution is 2.25. The van der Waals surface area contributed by atoms with E-state index in [0.29, 0.717) is 16.9 Å². The molecule has 5 heteroatoms. The molecular weight excluding hydrogens is 296 g/mol. The maximum atomic E-state index is 10.8. The lowest BCUT2D eigenvalue weighted by Crippen LogP contribution is -2.31. The van der Waals surface area contributed by atoms with Gasteiger partial charge in [0.25, 0.3) is 5.69 Å². The Morgan fingerprint density at radius 2 is 2.22 bits per heavy atom. The van der Waals surface area contributed by atoms with E-state index in [1.807, 2.05) is 19.9 Å². The summed E-state index contributed by atoms with van der Waals surface area (Å²) in [6, 6.07) is 5.02. The second-order valence-corrected chi connectivity index (χ2v) is 5.17. The number of terminal acetylenes is 1. The Labute approximate surface area is 115 Å². The molecule has 0 aliphatic rings. The van der Waals surface area contributed by atoms with E-state index < -0.39 is 4.92 Å². The summed E-state index contributed by atoms with van der Waals surface area (Å²) in [7, 11) is 0. The van der Waals surface area contributed by atoms with Crippen molar-refractivity contribution in [2.75, 3.05) is 0 Å². The van der Waals surface area contributed by atoms with Crippen LogP contribution in [-0.4, -0.2) is 11.0 Å². The summed E-state index contributed by atoms with van der Waals surface area (Å²) in [5.41, 5.74) is 0.905. The Balaban J connectivity index is 2.78. The van der Waals surface area contributed by atoms with E-state index in [2.05, 4.69) is 27.2 Å². The van der Waals surface area contributed by atoms with Crippen molar-refractivity contribution in [2.45, 2.75) is 26.4 Å². The lowest BCUT2D eigenvalue weighted by molar-refractivity contribution is -0.385. The summed E-state index contributed by atoms with van der Waals surface area (Å²) in [5, 5.41) is 14.0. The number of halogens is 1. The fourth-order valence-corrected chi connectivity index (χ4v) is 1.91. The second kappa shape index (κ2) is 6.53. The van der Waals surface area contributed by atoms with Crippen LogP contribution in [0.2, 0.25) is 0 Å². The molecule has 1 aromatic carbocycles. The molecule has 1 atom stereocenters. The van der Waals surface area contributed by atoms with E-state index in [1.165, 1.54) is 0 Å². The van der Waals surface area contributed by atoms with Crippen LogP contribution >= 0.6 is 15.9 Å². The van der Waals surface area contributed by atoms with E-state index >= 15 is 0 Å². The Kier molecular flexibility index (Phi) is 5.32. The third-order valence-corrected chi connectivity index (χ3v) is 3.25. The fraction of sp³-hybridized carbons (Fsp3) is 0.385. The maximum absolute atomic E-state index is 10.8. The minimum absolute atomic E-state index is 0.0345. The van der Waals surface area contributed by atoms with Crippen molar-refractivity contribution in [2.24, 2.45) is 5.92 Å². The first-order chi connectivity index (χ1) is 8.45. The summed E-state index contributed by atoms with van der Waals surface area (Å²) < 4.78 is 0.480. The summed E-state index contributed by atoms with van der Waals surface area (Å²) in [6.45, 7) is 4.57. The number of hydrogen-bond donors (Lipinski definition) is 1. The van der Waals surface area contributed by atoms with Crippen molar-refractivity contribution in [3.05, 3.63) is 38.3 Å². The van der Waals surface area contributed by atoms with E-state index in [9.17, 15) is 10.1 Å². The minimum Gasteiger partial charge on any atom is -0.299 e. The average molecular weight is 311 g/mol. The first-order valence-corrected chi connectivity index (χ1v) is 6.37. The molecule has 0 bridgehead atoms. The monoisotopic (exact) mass is 310 g/mol. The first-order valence-electron chi connectivity index (χ1n) is 5.58. The van der Waals surface area contributed by atoms with E-state index in [1.54, 1.807) is 12.1 Å². The van der Waals surface area contributed by atoms with Gasteiger partial charge >= 0.3 is 0 Å². The van der Waals surface area contributed by atoms with Gasteiger partial charge in [0.15, 0.2) is 0 Å². The van der Waals surface area contributed by atoms with Crippen LogP contribution < -0.4 is 5.32 Å². The highest BCUT2D eigenvalue weighted by Gasteiger charge is 2.13. The highest BCUT2D eigenvalue weighted by atomic mass is 79.9. The quantitative estimate of drug-likeness (QED) is 0.516. The molecule has 0 fully saturated rings. The van der Waals surface area contributed by atoms with Crippen molar-refractivity contribution >= 4 is 21.6 Å². The van der Waals surface area contributed by atoms with Gasteiger partial charge in [0.05, 0.1) is 15.4 Å². The van der Waals surface area contributed by atoms with Gasteiger partial charge in [-0.2, -0.15) is 0 Å². The molecule has 1 rings (SSSR count). The Bertz CT molecular complexity index is 480. The summed E-state index contributed by atoms with van der Waals surface area (Å²) >= 11 is 3.15. The second-order valence-electron chi connectivity index (χ2n) is 4.31. The van der Waals surface area contributed by atoms with Gasteiger partial charge < -0.3 is 0 Å². The van der Waals surface area contributed by atoms with Gasteiger partial charge in [0.2, 0.25) is 0 Å². The van der Waals surface area contributed by atoms with Crippen molar-refractivity contribution in [1.82, 2.24) is 5.32 Å². The SMILES string of the molecule is C#CC(NCc1ccc(Br)c([N+](=O)[O-])c1)C(C)C. The smallest absolute Gasteiger partial charge is 0.283 e. The lowest BCUT2D eigenvalue weighted by Gasteiger charge is -2.16. The zero-order valence-electron chi connectivity index (χ0n) is 10.3. The zero-order chi connectivity index (χ0) is 13.7. The normalized spacial score (nSPS) is 12.2. The Morgan fingerprint density at radius 1 is 1.56 bits per heavy atom. The molecule has 1 aromatic rings. The molecular formula is C13H15BrN2O2. The van der Waals surface area contributed by atoms with Crippen molar-refractivity contribution in [1.29, 1.82) is 0 Å². The van der Waals surface area contributed by atoms with Crippen molar-refractivity contribution in [3.8, 4) is 12.3 Å². The van der Waals surface area contributed by atoms with E-state index in [4.69, 9.17) is 6.42 Å². The number of nitrogens with one attached hydrogen (secondary N) is 1. The first kappa shape index (κ1) is 14.7. The molecule has 0 radical (unpaired) electrons. The van der Waals surface area contributed by atoms with Gasteiger partial charge in [-0.3, -0.25) is 15.4 Å². The van der Waals surface area contributed by atoms with Gasteiger partial charge in [0.1, 0.15) is 0 Å². The molecule has 1 unspecified atom stereocenters. The molecule has 0 aliphatic carbocycles. The van der Waals surface area contributed by atoms with Crippen molar-refractivity contribution in [3.63, 3.8) is 0 Å². The van der Waals surface area contributed by atoms with Crippen LogP contribution in [-0.2, 0) is 6.54 Å². The molecule has 4 nitrogen and oxygen atoms in total. The molecule has 1 N–H and O–H groups in total. The molecule has 0 saturated carbocycles. The molecule has 0 aromatic heterocycles. The molecule has 0 amide bonds. The van der Waals surface area contributed by atoms with Gasteiger partial charge in [-0.15, -0.1) is 6.42 Å². The number of nitrogens with zero attached hydrogens (tertiary/aromatic N) is 1. The van der Waals surface area contributed by atoms with Crippen LogP contribution in [0.15, 0.2) is 22.7 Å². The third-order valence-electron chi connectivity index (χ3n) is 2.58. The van der Waals surface area contributed by atoms with Crippen LogP contribution in [0.5, 0.6) is 0 Å². The minimum atomic E-state index is -0.408. The summed E-state index contributed by atoms with van der Waals surface area (Å²) in [5.74, 6) is 2.99. The number of benzene rings is 1. The average Bonchev–Trinajstić information content (AvgIpc) is 2.31. The molecule has 0 spiro atoms. The van der Waals surface area contributed by atoms with Crippen LogP contribution in [0.3, 0.4) is 0 Å². The molecule has 0 saturated heterocycles. The third kappa shape index (κ3) is 3.83. The van der Waals surface area contributed by atoms with Crippen LogP contribution in [0.25, 0.3) is 0 Å². The van der Waals surface area contributed by atoms with Gasteiger partial charge in [0, 0.05) is 12.6 Å². The molecule has 18 heavy (non-hydrogen) atoms. The van der Waals surface area contributed by atoms with Gasteiger partial charge in [-0.1, -0.05) is 25.8 Å². The standard InChI is InChI=1S/C13H15BrN2O2/c1-4-12(9(2)3)15-8-10-5-6-11(14)13(7-10)16(17)18/h1,5-7,9,12,15H,8H2,2-3H3. The summed E-state index contributed by atoms with van der Waals surface area (Å²) in [6.07, 6.45) is 5.41. The largest absolute Gasteiger partial charge is 0.299 e. The van der Waals surface area contributed by atoms with E-state index in [0.717, 1.165) is 5.56 Å². The van der Waals surface area contributed by atoms with Crippen LogP contribution in [0.1, 0.15) is 19.4 Å². The van der Waals surface area contributed by atoms with Crippen molar-refractivity contribution < 1.29 is 4.92 Å². The maximum Gasteiger partial charge on any atom is 0.283 e. The number of nitro benzene ring substituents is 1. The predicted molar refractivity (Wildman–Crippen MR) is 75.1 cm³/mol.